The molecular weight excluding hydrogens is 292 g/mol. The zero-order chi connectivity index (χ0) is 16.7. The third-order valence-corrected chi connectivity index (χ3v) is 3.92. The molecule has 2 amide bonds. The van der Waals surface area contributed by atoms with E-state index in [4.69, 9.17) is 4.74 Å². The number of esters is 1. The molecule has 0 aliphatic carbocycles. The van der Waals surface area contributed by atoms with Gasteiger partial charge < -0.3 is 15.4 Å². The van der Waals surface area contributed by atoms with Crippen LogP contribution in [0, 0.1) is 5.92 Å². The van der Waals surface area contributed by atoms with Crippen molar-refractivity contribution in [1.29, 1.82) is 0 Å². The number of urea groups is 1. The number of hydrogen-bond acceptors (Lipinski definition) is 3. The summed E-state index contributed by atoms with van der Waals surface area (Å²) < 4.78 is 5.39. The standard InChI is InChI=1S/C18H24N2O3/c1-3-4-5-9-12-23-17(21)15-13(2)19-18(22)20-16(15)14-10-7-6-8-11-14/h6-8,10-11,15-16H,2-5,9,12H2,1H3,(H2,19,20,22)/t15-,16+/m1/s1. The van der Waals surface area contributed by atoms with Crippen LogP contribution in [0.4, 0.5) is 4.79 Å². The normalized spacial score (nSPS) is 20.6. The van der Waals surface area contributed by atoms with E-state index in [1.54, 1.807) is 0 Å². The van der Waals surface area contributed by atoms with Gasteiger partial charge in [0.1, 0.15) is 5.92 Å². The van der Waals surface area contributed by atoms with Crippen LogP contribution in [0.5, 0.6) is 0 Å². The van der Waals surface area contributed by atoms with Gasteiger partial charge in [-0.05, 0) is 12.0 Å². The minimum Gasteiger partial charge on any atom is -0.465 e. The molecule has 1 aromatic rings. The maximum Gasteiger partial charge on any atom is 0.319 e. The van der Waals surface area contributed by atoms with Crippen molar-refractivity contribution in [3.05, 3.63) is 48.2 Å². The smallest absolute Gasteiger partial charge is 0.319 e. The van der Waals surface area contributed by atoms with Crippen LogP contribution in [0.15, 0.2) is 42.6 Å². The number of nitrogens with one attached hydrogen (secondary N) is 2. The maximum absolute atomic E-state index is 12.5. The van der Waals surface area contributed by atoms with Gasteiger partial charge in [0, 0.05) is 5.70 Å². The molecule has 1 heterocycles. The van der Waals surface area contributed by atoms with Gasteiger partial charge >= 0.3 is 12.0 Å². The fourth-order valence-electron chi connectivity index (χ4n) is 2.69. The molecule has 0 unspecified atom stereocenters. The van der Waals surface area contributed by atoms with Crippen LogP contribution in [0.2, 0.25) is 0 Å². The lowest BCUT2D eigenvalue weighted by Crippen LogP contribution is -2.51. The van der Waals surface area contributed by atoms with Crippen molar-refractivity contribution in [2.75, 3.05) is 6.61 Å². The lowest BCUT2D eigenvalue weighted by atomic mass is 9.89. The Kier molecular flexibility index (Phi) is 6.20. The summed E-state index contributed by atoms with van der Waals surface area (Å²) in [6.45, 7) is 6.36. The molecule has 5 heteroatoms. The van der Waals surface area contributed by atoms with Crippen LogP contribution >= 0.6 is 0 Å². The molecule has 2 N–H and O–H groups in total. The van der Waals surface area contributed by atoms with E-state index in [1.807, 2.05) is 30.3 Å². The van der Waals surface area contributed by atoms with E-state index in [9.17, 15) is 9.59 Å². The molecule has 23 heavy (non-hydrogen) atoms. The van der Waals surface area contributed by atoms with Crippen molar-refractivity contribution < 1.29 is 14.3 Å². The van der Waals surface area contributed by atoms with Crippen LogP contribution in [-0.4, -0.2) is 18.6 Å². The molecule has 1 fully saturated rings. The highest BCUT2D eigenvalue weighted by Crippen LogP contribution is 2.30. The van der Waals surface area contributed by atoms with Gasteiger partial charge in [-0.1, -0.05) is 63.1 Å². The van der Waals surface area contributed by atoms with Crippen LogP contribution in [0.1, 0.15) is 44.2 Å². The molecule has 0 saturated carbocycles. The summed E-state index contributed by atoms with van der Waals surface area (Å²) in [6, 6.07) is 8.59. The minimum absolute atomic E-state index is 0.351. The number of amides is 2. The summed E-state index contributed by atoms with van der Waals surface area (Å²) in [5.74, 6) is -0.978. The minimum atomic E-state index is -0.624. The maximum atomic E-state index is 12.5. The van der Waals surface area contributed by atoms with Gasteiger partial charge in [0.2, 0.25) is 0 Å². The SMILES string of the molecule is C=C1NC(=O)N[C@@H](c2ccccc2)[C@@H]1C(=O)OCCCCCC. The summed E-state index contributed by atoms with van der Waals surface area (Å²) in [4.78, 5) is 24.2. The molecule has 2 rings (SSSR count). The quantitative estimate of drug-likeness (QED) is 0.599. The zero-order valence-corrected chi connectivity index (χ0v) is 13.5. The van der Waals surface area contributed by atoms with Gasteiger partial charge in [0.15, 0.2) is 0 Å². The molecule has 0 aromatic heterocycles. The number of ether oxygens (including phenoxy) is 1. The number of carbonyl (C=O) groups excluding carboxylic acids is 2. The molecule has 2 atom stereocenters. The van der Waals surface area contributed by atoms with Gasteiger partial charge in [-0.3, -0.25) is 4.79 Å². The van der Waals surface area contributed by atoms with Crippen LogP contribution in [0.25, 0.3) is 0 Å². The van der Waals surface area contributed by atoms with E-state index in [1.165, 1.54) is 0 Å². The van der Waals surface area contributed by atoms with E-state index in [2.05, 4.69) is 24.1 Å². The number of hydrogen-bond donors (Lipinski definition) is 2. The summed E-state index contributed by atoms with van der Waals surface area (Å²) in [5.41, 5.74) is 1.23. The molecule has 1 aliphatic heterocycles. The second-order valence-electron chi connectivity index (χ2n) is 5.72. The number of unbranched alkanes of at least 4 members (excludes halogenated alkanes) is 3. The van der Waals surface area contributed by atoms with Crippen molar-refractivity contribution in [3.8, 4) is 0 Å². The summed E-state index contributed by atoms with van der Waals surface area (Å²) in [6.07, 6.45) is 4.18. The summed E-state index contributed by atoms with van der Waals surface area (Å²) in [5, 5.41) is 5.37. The number of rotatable bonds is 7. The third kappa shape index (κ3) is 4.58. The Hall–Kier alpha value is -2.30. The summed E-state index contributed by atoms with van der Waals surface area (Å²) in [7, 11) is 0. The lowest BCUT2D eigenvalue weighted by molar-refractivity contribution is -0.148. The van der Waals surface area contributed by atoms with Crippen LogP contribution < -0.4 is 10.6 Å². The Labute approximate surface area is 137 Å². The van der Waals surface area contributed by atoms with Gasteiger partial charge in [0.05, 0.1) is 12.6 Å². The van der Waals surface area contributed by atoms with Crippen molar-refractivity contribution in [2.45, 2.75) is 38.6 Å². The number of carbonyl (C=O) groups is 2. The Bertz CT molecular complexity index is 557. The van der Waals surface area contributed by atoms with Gasteiger partial charge in [-0.15, -0.1) is 0 Å². The Balaban J connectivity index is 2.04. The highest BCUT2D eigenvalue weighted by Gasteiger charge is 2.38. The van der Waals surface area contributed by atoms with E-state index in [-0.39, 0.29) is 12.0 Å². The predicted molar refractivity (Wildman–Crippen MR) is 88.6 cm³/mol. The van der Waals surface area contributed by atoms with Crippen molar-refractivity contribution in [3.63, 3.8) is 0 Å². The van der Waals surface area contributed by atoms with Crippen molar-refractivity contribution >= 4 is 12.0 Å². The largest absolute Gasteiger partial charge is 0.465 e. The van der Waals surface area contributed by atoms with Gasteiger partial charge in [0.25, 0.3) is 0 Å². The molecule has 124 valence electrons. The molecule has 0 radical (unpaired) electrons. The predicted octanol–water partition coefficient (Wildman–Crippen LogP) is 3.29. The topological polar surface area (TPSA) is 67.4 Å². The van der Waals surface area contributed by atoms with E-state index < -0.39 is 12.0 Å². The lowest BCUT2D eigenvalue weighted by Gasteiger charge is -2.33. The second kappa shape index (κ2) is 8.36. The second-order valence-corrected chi connectivity index (χ2v) is 5.72. The third-order valence-electron chi connectivity index (χ3n) is 3.92. The average Bonchev–Trinajstić information content (AvgIpc) is 2.54. The van der Waals surface area contributed by atoms with Crippen LogP contribution in [0.3, 0.4) is 0 Å². The van der Waals surface area contributed by atoms with E-state index >= 15 is 0 Å². The fourth-order valence-corrected chi connectivity index (χ4v) is 2.69. The molecular formula is C18H24N2O3. The van der Waals surface area contributed by atoms with Gasteiger partial charge in [-0.2, -0.15) is 0 Å². The summed E-state index contributed by atoms with van der Waals surface area (Å²) >= 11 is 0. The molecule has 5 nitrogen and oxygen atoms in total. The van der Waals surface area contributed by atoms with Gasteiger partial charge in [-0.25, -0.2) is 4.79 Å². The first-order valence-electron chi connectivity index (χ1n) is 8.11. The molecule has 1 saturated heterocycles. The Morgan fingerprint density at radius 1 is 1.22 bits per heavy atom. The van der Waals surface area contributed by atoms with E-state index in [0.717, 1.165) is 31.2 Å². The first-order chi connectivity index (χ1) is 11.1. The first kappa shape index (κ1) is 17.1. The first-order valence-corrected chi connectivity index (χ1v) is 8.11. The van der Waals surface area contributed by atoms with Crippen molar-refractivity contribution in [1.82, 2.24) is 10.6 Å². The highest BCUT2D eigenvalue weighted by molar-refractivity contribution is 5.85. The van der Waals surface area contributed by atoms with Crippen molar-refractivity contribution in [2.24, 2.45) is 5.92 Å². The highest BCUT2D eigenvalue weighted by atomic mass is 16.5. The van der Waals surface area contributed by atoms with Crippen LogP contribution in [-0.2, 0) is 9.53 Å². The zero-order valence-electron chi connectivity index (χ0n) is 13.5. The fraction of sp³-hybridized carbons (Fsp3) is 0.444. The molecule has 0 spiro atoms. The molecule has 1 aliphatic rings. The molecule has 1 aromatic carbocycles. The van der Waals surface area contributed by atoms with E-state index in [0.29, 0.717) is 12.3 Å². The molecule has 0 bridgehead atoms. The number of benzene rings is 1. The Morgan fingerprint density at radius 3 is 2.65 bits per heavy atom. The average molecular weight is 316 g/mol. The Morgan fingerprint density at radius 2 is 1.96 bits per heavy atom. The monoisotopic (exact) mass is 316 g/mol.